The Labute approximate surface area is 70.9 Å². The molecule has 1 aromatic heterocycles. The van der Waals surface area contributed by atoms with Crippen LogP contribution in [0.2, 0.25) is 5.15 Å². The topological polar surface area (TPSA) is 27.1 Å². The van der Waals surface area contributed by atoms with Gasteiger partial charge in [0, 0.05) is 19.7 Å². The summed E-state index contributed by atoms with van der Waals surface area (Å²) in [6.07, 6.45) is 0. The molecule has 0 atom stereocenters. The molecule has 11 heavy (non-hydrogen) atoms. The van der Waals surface area contributed by atoms with Gasteiger partial charge in [0.2, 0.25) is 0 Å². The van der Waals surface area contributed by atoms with E-state index >= 15 is 0 Å². The lowest BCUT2D eigenvalue weighted by molar-refractivity contribution is 0.131. The highest BCUT2D eigenvalue weighted by Crippen LogP contribution is 2.09. The first kappa shape index (κ1) is 8.56. The van der Waals surface area contributed by atoms with E-state index in [4.69, 9.17) is 16.3 Å². The van der Waals surface area contributed by atoms with Gasteiger partial charge in [0.05, 0.1) is 12.3 Å². The molecule has 1 rings (SSSR count). The van der Waals surface area contributed by atoms with E-state index in [9.17, 15) is 0 Å². The molecule has 0 bridgehead atoms. The fourth-order valence-electron chi connectivity index (χ4n) is 0.777. The van der Waals surface area contributed by atoms with E-state index in [-0.39, 0.29) is 0 Å². The van der Waals surface area contributed by atoms with Crippen molar-refractivity contribution in [1.29, 1.82) is 0 Å². The summed E-state index contributed by atoms with van der Waals surface area (Å²) in [5.41, 5.74) is 0.874. The number of hydrogen-bond donors (Lipinski definition) is 0. The summed E-state index contributed by atoms with van der Waals surface area (Å²) in [5.74, 6) is 0. The Morgan fingerprint density at radius 1 is 1.73 bits per heavy atom. The monoisotopic (exact) mass is 174 g/mol. The van der Waals surface area contributed by atoms with Crippen molar-refractivity contribution in [3.63, 3.8) is 0 Å². The van der Waals surface area contributed by atoms with Crippen molar-refractivity contribution in [2.75, 3.05) is 6.61 Å². The van der Waals surface area contributed by atoms with Crippen molar-refractivity contribution >= 4 is 11.6 Å². The lowest BCUT2D eigenvalue weighted by atomic mass is 10.5. The number of halogens is 1. The summed E-state index contributed by atoms with van der Waals surface area (Å²) < 4.78 is 6.77. The van der Waals surface area contributed by atoms with Gasteiger partial charge in [-0.05, 0) is 6.92 Å². The summed E-state index contributed by atoms with van der Waals surface area (Å²) in [6.45, 7) is 3.19. The predicted molar refractivity (Wildman–Crippen MR) is 43.5 cm³/mol. The molecule has 0 N–H and O–H groups in total. The molecule has 1 heterocycles. The van der Waals surface area contributed by atoms with E-state index in [0.29, 0.717) is 18.4 Å². The maximum atomic E-state index is 5.75. The van der Waals surface area contributed by atoms with Crippen LogP contribution in [-0.2, 0) is 18.4 Å². The largest absolute Gasteiger partial charge is 0.375 e. The number of nitrogens with zero attached hydrogens (tertiary/aromatic N) is 2. The van der Waals surface area contributed by atoms with Crippen molar-refractivity contribution in [2.45, 2.75) is 13.5 Å². The van der Waals surface area contributed by atoms with Crippen molar-refractivity contribution in [2.24, 2.45) is 7.05 Å². The standard InChI is InChI=1S/C7H11ClN2O/c1-3-11-5-6-4-7(8)10(2)9-6/h4H,3,5H2,1-2H3. The van der Waals surface area contributed by atoms with Gasteiger partial charge in [-0.25, -0.2) is 0 Å². The third-order valence-electron chi connectivity index (χ3n) is 1.33. The van der Waals surface area contributed by atoms with Gasteiger partial charge in [-0.15, -0.1) is 0 Å². The number of aromatic nitrogens is 2. The van der Waals surface area contributed by atoms with Gasteiger partial charge >= 0.3 is 0 Å². The van der Waals surface area contributed by atoms with Crippen LogP contribution in [0.15, 0.2) is 6.07 Å². The first-order chi connectivity index (χ1) is 5.24. The van der Waals surface area contributed by atoms with Gasteiger partial charge in [-0.2, -0.15) is 5.10 Å². The fourth-order valence-corrected chi connectivity index (χ4v) is 0.941. The molecule has 62 valence electrons. The zero-order valence-electron chi connectivity index (χ0n) is 6.67. The molecule has 0 unspecified atom stereocenters. The molecule has 0 aliphatic heterocycles. The minimum Gasteiger partial charge on any atom is -0.375 e. The van der Waals surface area contributed by atoms with Gasteiger partial charge in [-0.3, -0.25) is 4.68 Å². The molecule has 0 aliphatic carbocycles. The van der Waals surface area contributed by atoms with Gasteiger partial charge in [0.15, 0.2) is 0 Å². The second-order valence-corrected chi connectivity index (χ2v) is 2.61. The Hall–Kier alpha value is -0.540. The smallest absolute Gasteiger partial charge is 0.127 e. The van der Waals surface area contributed by atoms with Gasteiger partial charge in [0.25, 0.3) is 0 Å². The molecule has 0 saturated heterocycles. The maximum absolute atomic E-state index is 5.75. The molecule has 0 saturated carbocycles. The van der Waals surface area contributed by atoms with E-state index in [0.717, 1.165) is 5.69 Å². The minimum absolute atomic E-state index is 0.539. The maximum Gasteiger partial charge on any atom is 0.127 e. The Balaban J connectivity index is 2.58. The SMILES string of the molecule is CCOCc1cc(Cl)n(C)n1. The van der Waals surface area contributed by atoms with E-state index in [2.05, 4.69) is 5.10 Å². The van der Waals surface area contributed by atoms with Crippen molar-refractivity contribution in [1.82, 2.24) is 9.78 Å². The zero-order chi connectivity index (χ0) is 8.27. The van der Waals surface area contributed by atoms with Crippen LogP contribution < -0.4 is 0 Å². The fraction of sp³-hybridized carbons (Fsp3) is 0.571. The molecule has 0 radical (unpaired) electrons. The minimum atomic E-state index is 0.539. The highest BCUT2D eigenvalue weighted by Gasteiger charge is 2.00. The van der Waals surface area contributed by atoms with E-state index in [1.165, 1.54) is 0 Å². The van der Waals surface area contributed by atoms with Gasteiger partial charge in [-0.1, -0.05) is 11.6 Å². The van der Waals surface area contributed by atoms with E-state index in [1.54, 1.807) is 17.8 Å². The number of ether oxygens (including phenoxy) is 1. The zero-order valence-corrected chi connectivity index (χ0v) is 7.43. The molecule has 0 aliphatic rings. The summed E-state index contributed by atoms with van der Waals surface area (Å²) in [6, 6.07) is 1.80. The molecule has 0 fully saturated rings. The summed E-state index contributed by atoms with van der Waals surface area (Å²) in [7, 11) is 1.80. The second kappa shape index (κ2) is 3.74. The number of hydrogen-bond acceptors (Lipinski definition) is 2. The molecular formula is C7H11ClN2O. The van der Waals surface area contributed by atoms with Crippen LogP contribution in [0, 0.1) is 0 Å². The molecule has 0 amide bonds. The third kappa shape index (κ3) is 2.20. The van der Waals surface area contributed by atoms with E-state index < -0.39 is 0 Å². The summed E-state index contributed by atoms with van der Waals surface area (Å²) in [5, 5.41) is 4.75. The lowest BCUT2D eigenvalue weighted by Crippen LogP contribution is -1.95. The Morgan fingerprint density at radius 2 is 2.45 bits per heavy atom. The van der Waals surface area contributed by atoms with Gasteiger partial charge in [0.1, 0.15) is 5.15 Å². The number of aryl methyl sites for hydroxylation is 1. The van der Waals surface area contributed by atoms with Crippen molar-refractivity contribution in [3.8, 4) is 0 Å². The quantitative estimate of drug-likeness (QED) is 0.696. The Kier molecular flexibility index (Phi) is 2.91. The van der Waals surface area contributed by atoms with Crippen molar-refractivity contribution in [3.05, 3.63) is 16.9 Å². The van der Waals surface area contributed by atoms with Crippen molar-refractivity contribution < 1.29 is 4.74 Å². The van der Waals surface area contributed by atoms with Crippen LogP contribution in [0.4, 0.5) is 0 Å². The first-order valence-corrected chi connectivity index (χ1v) is 3.88. The molecule has 4 heteroatoms. The van der Waals surface area contributed by atoms with Crippen LogP contribution in [-0.4, -0.2) is 16.4 Å². The molecule has 1 aromatic rings. The second-order valence-electron chi connectivity index (χ2n) is 2.22. The Morgan fingerprint density at radius 3 is 2.91 bits per heavy atom. The normalized spacial score (nSPS) is 10.5. The molecule has 3 nitrogen and oxygen atoms in total. The molecular weight excluding hydrogens is 164 g/mol. The number of rotatable bonds is 3. The van der Waals surface area contributed by atoms with Crippen LogP contribution in [0.5, 0.6) is 0 Å². The van der Waals surface area contributed by atoms with Crippen LogP contribution in [0.25, 0.3) is 0 Å². The summed E-state index contributed by atoms with van der Waals surface area (Å²) >= 11 is 5.75. The van der Waals surface area contributed by atoms with Crippen LogP contribution in [0.1, 0.15) is 12.6 Å². The highest BCUT2D eigenvalue weighted by atomic mass is 35.5. The first-order valence-electron chi connectivity index (χ1n) is 3.50. The predicted octanol–water partition coefficient (Wildman–Crippen LogP) is 1.61. The lowest BCUT2D eigenvalue weighted by Gasteiger charge is -1.94. The highest BCUT2D eigenvalue weighted by molar-refractivity contribution is 6.29. The Bertz CT molecular complexity index is 215. The average molecular weight is 175 g/mol. The van der Waals surface area contributed by atoms with Crippen LogP contribution >= 0.6 is 11.6 Å². The molecule has 0 aromatic carbocycles. The average Bonchev–Trinajstić information content (AvgIpc) is 2.28. The molecule has 0 spiro atoms. The van der Waals surface area contributed by atoms with Crippen LogP contribution in [0.3, 0.4) is 0 Å². The summed E-state index contributed by atoms with van der Waals surface area (Å²) in [4.78, 5) is 0. The van der Waals surface area contributed by atoms with Gasteiger partial charge < -0.3 is 4.74 Å². The third-order valence-corrected chi connectivity index (χ3v) is 1.68. The van der Waals surface area contributed by atoms with E-state index in [1.807, 2.05) is 6.92 Å².